The fourth-order valence-electron chi connectivity index (χ4n) is 3.22. The number of methoxy groups -OCH3 is 2. The summed E-state index contributed by atoms with van der Waals surface area (Å²) in [4.78, 5) is 24.8. The summed E-state index contributed by atoms with van der Waals surface area (Å²) >= 11 is 7.36. The topological polar surface area (TPSA) is 107 Å². The van der Waals surface area contributed by atoms with Gasteiger partial charge in [0.05, 0.1) is 26.5 Å². The molecule has 2 N–H and O–H groups in total. The first-order chi connectivity index (χ1) is 17.8. The highest BCUT2D eigenvalue weighted by Crippen LogP contribution is 2.28. The maximum Gasteiger partial charge on any atom is 0.244 e. The fourth-order valence-corrected chi connectivity index (χ4v) is 4.17. The van der Waals surface area contributed by atoms with Crippen LogP contribution >= 0.6 is 23.4 Å². The number of benzene rings is 2. The van der Waals surface area contributed by atoms with E-state index in [1.807, 2.05) is 19.1 Å². The molecule has 0 saturated heterocycles. The highest BCUT2D eigenvalue weighted by atomic mass is 35.5. The molecule has 9 nitrogen and oxygen atoms in total. The Morgan fingerprint density at radius 1 is 1.14 bits per heavy atom. The van der Waals surface area contributed by atoms with E-state index < -0.39 is 0 Å². The number of aromatic nitrogens is 3. The van der Waals surface area contributed by atoms with Crippen molar-refractivity contribution in [2.45, 2.75) is 25.2 Å². The lowest BCUT2D eigenvalue weighted by atomic mass is 10.2. The fraction of sp³-hybridized carbons (Fsp3) is 0.231. The van der Waals surface area contributed by atoms with Gasteiger partial charge in [-0.1, -0.05) is 41.6 Å². The summed E-state index contributed by atoms with van der Waals surface area (Å²) in [5.74, 6) is 1.35. The number of hydrogen-bond donors (Lipinski definition) is 2. The van der Waals surface area contributed by atoms with Crippen LogP contribution in [0, 0.1) is 6.92 Å². The molecule has 0 bridgehead atoms. The van der Waals surface area contributed by atoms with Crippen molar-refractivity contribution in [1.29, 1.82) is 0 Å². The predicted octanol–water partition coefficient (Wildman–Crippen LogP) is 4.50. The Labute approximate surface area is 224 Å². The summed E-state index contributed by atoms with van der Waals surface area (Å²) in [5.41, 5.74) is 2.34. The van der Waals surface area contributed by atoms with E-state index >= 15 is 0 Å². The van der Waals surface area contributed by atoms with Gasteiger partial charge < -0.3 is 24.7 Å². The molecule has 0 fully saturated rings. The highest BCUT2D eigenvalue weighted by Gasteiger charge is 2.14. The number of carbonyl (C=O) groups is 2. The molecular formula is C26H28ClN5O4S. The van der Waals surface area contributed by atoms with E-state index in [9.17, 15) is 9.59 Å². The second-order valence-electron chi connectivity index (χ2n) is 7.76. The molecule has 0 aliphatic carbocycles. The van der Waals surface area contributed by atoms with E-state index in [0.29, 0.717) is 39.7 Å². The molecule has 0 aliphatic rings. The molecule has 0 radical (unpaired) electrons. The Kier molecular flexibility index (Phi) is 10.2. The monoisotopic (exact) mass is 541 g/mol. The van der Waals surface area contributed by atoms with Gasteiger partial charge in [0.25, 0.3) is 0 Å². The summed E-state index contributed by atoms with van der Waals surface area (Å²) in [6.45, 7) is 6.25. The molecule has 0 atom stereocenters. The van der Waals surface area contributed by atoms with Gasteiger partial charge >= 0.3 is 0 Å². The Hall–Kier alpha value is -3.76. The largest absolute Gasteiger partial charge is 0.493 e. The zero-order valence-electron chi connectivity index (χ0n) is 20.8. The molecule has 0 saturated carbocycles. The van der Waals surface area contributed by atoms with Crippen LogP contribution in [0.2, 0.25) is 5.02 Å². The average Bonchev–Trinajstić information content (AvgIpc) is 3.28. The van der Waals surface area contributed by atoms with Gasteiger partial charge in [0.1, 0.15) is 0 Å². The van der Waals surface area contributed by atoms with E-state index in [1.54, 1.807) is 55.2 Å². The number of carbonyl (C=O) groups excluding carboxylic acids is 2. The van der Waals surface area contributed by atoms with Crippen LogP contribution < -0.4 is 20.1 Å². The quantitative estimate of drug-likeness (QED) is 0.197. The molecule has 0 aliphatic heterocycles. The van der Waals surface area contributed by atoms with E-state index in [0.717, 1.165) is 11.1 Å². The van der Waals surface area contributed by atoms with Crippen LogP contribution in [-0.2, 0) is 22.7 Å². The summed E-state index contributed by atoms with van der Waals surface area (Å²) in [7, 11) is 3.11. The molecule has 2 amide bonds. The Morgan fingerprint density at radius 3 is 2.62 bits per heavy atom. The SMILES string of the molecule is C=CCn1c(CNC(=O)C=Cc2ccc(OC)c(OC)c2)nnc1SCC(=O)Nc1ccc(C)c(Cl)c1. The molecule has 11 heteroatoms. The molecule has 1 aromatic heterocycles. The zero-order chi connectivity index (χ0) is 26.8. The van der Waals surface area contributed by atoms with Gasteiger partial charge in [-0.3, -0.25) is 9.59 Å². The number of nitrogens with one attached hydrogen (secondary N) is 2. The Balaban J connectivity index is 1.57. The van der Waals surface area contributed by atoms with Crippen LogP contribution in [0.1, 0.15) is 17.0 Å². The van der Waals surface area contributed by atoms with Gasteiger partial charge in [0.2, 0.25) is 11.8 Å². The van der Waals surface area contributed by atoms with Crippen LogP contribution in [0.5, 0.6) is 11.5 Å². The van der Waals surface area contributed by atoms with Crippen molar-refractivity contribution in [3.8, 4) is 11.5 Å². The molecule has 37 heavy (non-hydrogen) atoms. The second-order valence-corrected chi connectivity index (χ2v) is 9.11. The molecular weight excluding hydrogens is 514 g/mol. The number of hydrogen-bond acceptors (Lipinski definition) is 7. The van der Waals surface area contributed by atoms with Crippen molar-refractivity contribution in [2.75, 3.05) is 25.3 Å². The summed E-state index contributed by atoms with van der Waals surface area (Å²) < 4.78 is 12.3. The number of allylic oxidation sites excluding steroid dienone is 1. The molecule has 194 valence electrons. The number of amides is 2. The van der Waals surface area contributed by atoms with E-state index in [-0.39, 0.29) is 24.1 Å². The minimum Gasteiger partial charge on any atom is -0.493 e. The maximum atomic E-state index is 12.4. The van der Waals surface area contributed by atoms with Crippen molar-refractivity contribution in [1.82, 2.24) is 20.1 Å². The summed E-state index contributed by atoms with van der Waals surface area (Å²) in [6.07, 6.45) is 4.80. The molecule has 3 aromatic rings. The predicted molar refractivity (Wildman–Crippen MR) is 146 cm³/mol. The van der Waals surface area contributed by atoms with Crippen LogP contribution in [0.4, 0.5) is 5.69 Å². The van der Waals surface area contributed by atoms with Crippen LogP contribution in [-0.4, -0.2) is 46.6 Å². The average molecular weight is 542 g/mol. The third kappa shape index (κ3) is 7.86. The smallest absolute Gasteiger partial charge is 0.244 e. The summed E-state index contributed by atoms with van der Waals surface area (Å²) in [5, 5.41) is 15.1. The first-order valence-electron chi connectivity index (χ1n) is 11.2. The van der Waals surface area contributed by atoms with Gasteiger partial charge in [-0.25, -0.2) is 0 Å². The van der Waals surface area contributed by atoms with Crippen molar-refractivity contribution in [3.05, 3.63) is 77.1 Å². The highest BCUT2D eigenvalue weighted by molar-refractivity contribution is 7.99. The molecule has 3 rings (SSSR count). The van der Waals surface area contributed by atoms with Crippen LogP contribution in [0.25, 0.3) is 6.08 Å². The van der Waals surface area contributed by atoms with Gasteiger partial charge in [-0.05, 0) is 48.4 Å². The van der Waals surface area contributed by atoms with E-state index in [2.05, 4.69) is 27.4 Å². The molecule has 2 aromatic carbocycles. The van der Waals surface area contributed by atoms with Crippen molar-refractivity contribution in [3.63, 3.8) is 0 Å². The first-order valence-corrected chi connectivity index (χ1v) is 12.6. The lowest BCUT2D eigenvalue weighted by Crippen LogP contribution is -2.23. The van der Waals surface area contributed by atoms with Crippen LogP contribution in [0.15, 0.2) is 60.3 Å². The number of halogens is 1. The Morgan fingerprint density at radius 2 is 1.92 bits per heavy atom. The number of rotatable bonds is 12. The van der Waals surface area contributed by atoms with Crippen molar-refractivity contribution in [2.24, 2.45) is 0 Å². The normalized spacial score (nSPS) is 10.8. The third-order valence-corrected chi connectivity index (χ3v) is 6.52. The Bertz CT molecular complexity index is 1310. The minimum absolute atomic E-state index is 0.126. The molecule has 1 heterocycles. The number of aryl methyl sites for hydroxylation is 1. The van der Waals surface area contributed by atoms with Gasteiger partial charge in [0, 0.05) is 23.3 Å². The van der Waals surface area contributed by atoms with Gasteiger partial charge in [-0.15, -0.1) is 16.8 Å². The molecule has 0 unspecified atom stereocenters. The van der Waals surface area contributed by atoms with Crippen LogP contribution in [0.3, 0.4) is 0 Å². The number of anilines is 1. The lowest BCUT2D eigenvalue weighted by molar-refractivity contribution is -0.116. The number of thioether (sulfide) groups is 1. The van der Waals surface area contributed by atoms with E-state index in [4.69, 9.17) is 21.1 Å². The molecule has 0 spiro atoms. The van der Waals surface area contributed by atoms with E-state index in [1.165, 1.54) is 17.8 Å². The third-order valence-electron chi connectivity index (χ3n) is 5.15. The second kappa shape index (κ2) is 13.5. The standard InChI is InChI=1S/C26H28ClN5O4S/c1-5-12-32-23(15-28-24(33)11-8-18-7-10-21(35-3)22(13-18)36-4)30-31-26(32)37-16-25(34)29-19-9-6-17(2)20(27)14-19/h5-11,13-14H,1,12,15-16H2,2-4H3,(H,28,33)(H,29,34). The summed E-state index contributed by atoms with van der Waals surface area (Å²) in [6, 6.07) is 10.7. The first kappa shape index (κ1) is 27.8. The maximum absolute atomic E-state index is 12.4. The number of nitrogens with zero attached hydrogens (tertiary/aromatic N) is 3. The van der Waals surface area contributed by atoms with Gasteiger partial charge in [-0.2, -0.15) is 0 Å². The van der Waals surface area contributed by atoms with Crippen molar-refractivity contribution < 1.29 is 19.1 Å². The van der Waals surface area contributed by atoms with Gasteiger partial charge in [0.15, 0.2) is 22.5 Å². The zero-order valence-corrected chi connectivity index (χ0v) is 22.4. The minimum atomic E-state index is -0.298. The number of ether oxygens (including phenoxy) is 2. The van der Waals surface area contributed by atoms with Crippen molar-refractivity contribution >= 4 is 46.9 Å². The lowest BCUT2D eigenvalue weighted by Gasteiger charge is -2.09.